The van der Waals surface area contributed by atoms with E-state index in [0.29, 0.717) is 29.6 Å². The number of benzene rings is 1. The quantitative estimate of drug-likeness (QED) is 0.700. The van der Waals surface area contributed by atoms with Crippen molar-refractivity contribution in [3.8, 4) is 18.0 Å². The van der Waals surface area contributed by atoms with Crippen LogP contribution in [0.25, 0.3) is 16.6 Å². The van der Waals surface area contributed by atoms with Crippen molar-refractivity contribution in [3.05, 3.63) is 58.3 Å². The fourth-order valence-corrected chi connectivity index (χ4v) is 3.10. The van der Waals surface area contributed by atoms with Crippen LogP contribution in [0.15, 0.2) is 41.3 Å². The van der Waals surface area contributed by atoms with Crippen LogP contribution in [0.2, 0.25) is 0 Å². The Morgan fingerprint density at radius 3 is 2.64 bits per heavy atom. The number of fused-ring (bicyclic) bond motifs is 1. The molecule has 142 valence electrons. The monoisotopic (exact) mass is 384 g/mol. The van der Waals surface area contributed by atoms with Gasteiger partial charge in [0.05, 0.1) is 28.0 Å². The summed E-state index contributed by atoms with van der Waals surface area (Å²) >= 11 is 0. The second-order valence-corrected chi connectivity index (χ2v) is 6.77. The van der Waals surface area contributed by atoms with Crippen molar-refractivity contribution in [2.45, 2.75) is 31.5 Å². The van der Waals surface area contributed by atoms with Gasteiger partial charge in [0.25, 0.3) is 0 Å². The first-order chi connectivity index (χ1) is 13.2. The summed E-state index contributed by atoms with van der Waals surface area (Å²) in [5, 5.41) is 3.43. The molecule has 1 fully saturated rings. The lowest BCUT2D eigenvalue weighted by Gasteiger charge is -2.18. The minimum absolute atomic E-state index is 0.0845. The molecule has 0 bridgehead atoms. The van der Waals surface area contributed by atoms with Crippen molar-refractivity contribution in [1.29, 1.82) is 0 Å². The normalized spacial score (nSPS) is 15.2. The van der Waals surface area contributed by atoms with Gasteiger partial charge in [0, 0.05) is 11.6 Å². The smallest absolute Gasteiger partial charge is 0.353 e. The second-order valence-electron chi connectivity index (χ2n) is 6.77. The molecule has 0 atom stereocenters. The molecule has 0 spiro atoms. The maximum Gasteiger partial charge on any atom is 0.416 e. The predicted octanol–water partition coefficient (Wildman–Crippen LogP) is 3.69. The van der Waals surface area contributed by atoms with Crippen molar-refractivity contribution in [1.82, 2.24) is 14.5 Å². The van der Waals surface area contributed by atoms with E-state index in [1.807, 2.05) is 0 Å². The van der Waals surface area contributed by atoms with E-state index < -0.39 is 23.0 Å². The van der Waals surface area contributed by atoms with Gasteiger partial charge in [-0.1, -0.05) is 5.92 Å². The summed E-state index contributed by atoms with van der Waals surface area (Å²) in [4.78, 5) is 21.0. The van der Waals surface area contributed by atoms with Crippen LogP contribution in [0.1, 0.15) is 24.1 Å². The average Bonchev–Trinajstić information content (AvgIpc) is 3.42. The second kappa shape index (κ2) is 6.09. The average molecular weight is 384 g/mol. The molecule has 2 aromatic heterocycles. The summed E-state index contributed by atoms with van der Waals surface area (Å²) in [6.45, 7) is 1.67. The van der Waals surface area contributed by atoms with Crippen LogP contribution < -0.4 is 11.0 Å². The first kappa shape index (κ1) is 18.0. The van der Waals surface area contributed by atoms with E-state index in [0.717, 1.165) is 16.7 Å². The van der Waals surface area contributed by atoms with Crippen molar-refractivity contribution in [3.63, 3.8) is 0 Å². The van der Waals surface area contributed by atoms with E-state index in [9.17, 15) is 18.0 Å². The molecule has 0 amide bonds. The first-order valence-electron chi connectivity index (χ1n) is 8.56. The molecule has 2 heterocycles. The molecule has 1 aromatic carbocycles. The Hall–Kier alpha value is -3.34. The standard InChI is InChI=1S/C20H15F3N4O/c1-3-19(8-9-19)26-17-14-7-6-13(20(21,22)23)11-16(14)27(18(28)25-17)15-5-4-10-24-12(15)2/h1,4-7,10-11H,8-9H2,2H3,(H,25,26,28). The zero-order valence-electron chi connectivity index (χ0n) is 14.8. The lowest BCUT2D eigenvalue weighted by molar-refractivity contribution is -0.137. The van der Waals surface area contributed by atoms with Crippen LogP contribution in [0.4, 0.5) is 19.0 Å². The number of anilines is 1. The number of pyridine rings is 1. The highest BCUT2D eigenvalue weighted by atomic mass is 19.4. The number of hydrogen-bond acceptors (Lipinski definition) is 4. The van der Waals surface area contributed by atoms with Gasteiger partial charge in [0.1, 0.15) is 5.82 Å². The van der Waals surface area contributed by atoms with Gasteiger partial charge < -0.3 is 5.32 Å². The van der Waals surface area contributed by atoms with Crippen LogP contribution in [-0.2, 0) is 6.18 Å². The van der Waals surface area contributed by atoms with Crippen LogP contribution in [0.3, 0.4) is 0 Å². The summed E-state index contributed by atoms with van der Waals surface area (Å²) in [5.41, 5.74) is -1.22. The molecule has 1 aliphatic rings. The molecule has 3 aromatic rings. The van der Waals surface area contributed by atoms with Crippen LogP contribution in [-0.4, -0.2) is 20.1 Å². The maximum absolute atomic E-state index is 13.3. The number of terminal acetylenes is 1. The van der Waals surface area contributed by atoms with Crippen molar-refractivity contribution in [2.24, 2.45) is 0 Å². The van der Waals surface area contributed by atoms with Crippen LogP contribution in [0.5, 0.6) is 0 Å². The number of nitrogens with one attached hydrogen (secondary N) is 1. The van der Waals surface area contributed by atoms with Gasteiger partial charge in [-0.3, -0.25) is 9.55 Å². The van der Waals surface area contributed by atoms with Crippen molar-refractivity contribution < 1.29 is 13.2 Å². The lowest BCUT2D eigenvalue weighted by atomic mass is 10.1. The van der Waals surface area contributed by atoms with E-state index in [1.165, 1.54) is 6.07 Å². The Kier molecular flexibility index (Phi) is 3.93. The Balaban J connectivity index is 2.04. The van der Waals surface area contributed by atoms with Gasteiger partial charge >= 0.3 is 11.9 Å². The van der Waals surface area contributed by atoms with Gasteiger partial charge in [0.2, 0.25) is 0 Å². The van der Waals surface area contributed by atoms with Crippen LogP contribution in [0, 0.1) is 19.3 Å². The molecule has 1 N–H and O–H groups in total. The fourth-order valence-electron chi connectivity index (χ4n) is 3.10. The summed E-state index contributed by atoms with van der Waals surface area (Å²) in [6, 6.07) is 6.45. The molecule has 0 saturated heterocycles. The van der Waals surface area contributed by atoms with Gasteiger partial charge in [0.15, 0.2) is 0 Å². The van der Waals surface area contributed by atoms with Gasteiger partial charge in [-0.2, -0.15) is 18.2 Å². The van der Waals surface area contributed by atoms with Crippen molar-refractivity contribution >= 4 is 16.7 Å². The molecule has 0 radical (unpaired) electrons. The molecule has 0 aliphatic heterocycles. The Bertz CT molecular complexity index is 1190. The maximum atomic E-state index is 13.3. The number of rotatable bonds is 3. The summed E-state index contributed by atoms with van der Waals surface area (Å²) in [5.74, 6) is 2.81. The molecular formula is C20H15F3N4O. The van der Waals surface area contributed by atoms with Crippen LogP contribution >= 0.6 is 0 Å². The molecule has 28 heavy (non-hydrogen) atoms. The third kappa shape index (κ3) is 2.99. The summed E-state index contributed by atoms with van der Waals surface area (Å²) in [7, 11) is 0. The molecule has 5 nitrogen and oxygen atoms in total. The van der Waals surface area contributed by atoms with Gasteiger partial charge in [-0.25, -0.2) is 4.79 Å². The lowest BCUT2D eigenvalue weighted by Crippen LogP contribution is -2.27. The number of hydrogen-bond donors (Lipinski definition) is 1. The topological polar surface area (TPSA) is 59.8 Å². The third-order valence-corrected chi connectivity index (χ3v) is 4.82. The Morgan fingerprint density at radius 1 is 1.29 bits per heavy atom. The van der Waals surface area contributed by atoms with E-state index >= 15 is 0 Å². The van der Waals surface area contributed by atoms with E-state index in [4.69, 9.17) is 6.42 Å². The van der Waals surface area contributed by atoms with Gasteiger partial charge in [-0.05, 0) is 50.1 Å². The number of aryl methyl sites for hydroxylation is 1. The molecule has 1 saturated carbocycles. The Labute approximate surface area is 158 Å². The zero-order valence-corrected chi connectivity index (χ0v) is 14.8. The minimum Gasteiger partial charge on any atom is -0.353 e. The third-order valence-electron chi connectivity index (χ3n) is 4.82. The summed E-state index contributed by atoms with van der Waals surface area (Å²) < 4.78 is 41.1. The number of alkyl halides is 3. The SMILES string of the molecule is C#CC1(Nc2nc(=O)n(-c3cccnc3C)c3cc(C(F)(F)F)ccc23)CC1. The highest BCUT2D eigenvalue weighted by Crippen LogP contribution is 2.40. The zero-order chi connectivity index (χ0) is 20.1. The first-order valence-corrected chi connectivity index (χ1v) is 8.56. The fraction of sp³-hybridized carbons (Fsp3) is 0.250. The van der Waals surface area contributed by atoms with E-state index in [2.05, 4.69) is 21.2 Å². The van der Waals surface area contributed by atoms with E-state index in [-0.39, 0.29) is 11.3 Å². The molecular weight excluding hydrogens is 369 g/mol. The molecule has 1 aliphatic carbocycles. The van der Waals surface area contributed by atoms with E-state index in [1.54, 1.807) is 25.3 Å². The number of nitrogens with zero attached hydrogens (tertiary/aromatic N) is 3. The number of halogens is 3. The highest BCUT2D eigenvalue weighted by Gasteiger charge is 2.42. The predicted molar refractivity (Wildman–Crippen MR) is 99.3 cm³/mol. The van der Waals surface area contributed by atoms with Gasteiger partial charge in [-0.15, -0.1) is 6.42 Å². The molecule has 0 unspecified atom stereocenters. The largest absolute Gasteiger partial charge is 0.416 e. The van der Waals surface area contributed by atoms with Crippen molar-refractivity contribution in [2.75, 3.05) is 5.32 Å². The summed E-state index contributed by atoms with van der Waals surface area (Å²) in [6.07, 6.45) is 3.95. The molecule has 8 heteroatoms. The molecule has 4 rings (SSSR count). The Morgan fingerprint density at radius 2 is 2.04 bits per heavy atom. The highest BCUT2D eigenvalue weighted by molar-refractivity contribution is 5.91. The minimum atomic E-state index is -4.55. The number of aromatic nitrogens is 3.